The second kappa shape index (κ2) is 7.39. The third-order valence-electron chi connectivity index (χ3n) is 2.65. The van der Waals surface area contributed by atoms with Crippen molar-refractivity contribution in [1.82, 2.24) is 10.3 Å². The van der Waals surface area contributed by atoms with Crippen LogP contribution in [0.5, 0.6) is 11.5 Å². The first kappa shape index (κ1) is 16.5. The average molecular weight is 318 g/mol. The maximum absolute atomic E-state index is 11.0. The Morgan fingerprint density at radius 1 is 1.35 bits per heavy atom. The zero-order valence-corrected chi connectivity index (χ0v) is 13.4. The van der Waals surface area contributed by atoms with Crippen molar-refractivity contribution in [3.8, 4) is 11.5 Å². The van der Waals surface area contributed by atoms with Crippen molar-refractivity contribution in [2.75, 3.05) is 12.4 Å². The Morgan fingerprint density at radius 2 is 2.13 bits per heavy atom. The Hall–Kier alpha value is -2.90. The van der Waals surface area contributed by atoms with Crippen LogP contribution in [0, 0.1) is 0 Å². The summed E-state index contributed by atoms with van der Waals surface area (Å²) >= 11 is 0. The molecule has 0 atom stereocenters. The molecule has 0 fully saturated rings. The molecule has 0 spiro atoms. The summed E-state index contributed by atoms with van der Waals surface area (Å²) in [6.45, 7) is 5.24. The highest BCUT2D eigenvalue weighted by molar-refractivity contribution is 5.91. The summed E-state index contributed by atoms with van der Waals surface area (Å²) in [7, 11) is 1.57. The molecule has 0 aliphatic carbocycles. The molecule has 0 saturated carbocycles. The second-order valence-electron chi connectivity index (χ2n) is 4.95. The molecular weight excluding hydrogens is 300 g/mol. The van der Waals surface area contributed by atoms with Crippen LogP contribution in [0.2, 0.25) is 0 Å². The first-order valence-electron chi connectivity index (χ1n) is 6.98. The number of ether oxygens (including phenoxy) is 2. The standard InChI is InChI=1S/C15H18N4O4/c1-9(2)22-12-6-5-11(7-13(12)21-4)8-16-14-15(17-10(3)20)19-23-18-14/h5-9H,1-4H3,(H,17,19,20). The maximum Gasteiger partial charge on any atom is 0.241 e. The highest BCUT2D eigenvalue weighted by Gasteiger charge is 2.10. The average Bonchev–Trinajstić information content (AvgIpc) is 2.92. The van der Waals surface area contributed by atoms with Crippen LogP contribution in [0.1, 0.15) is 26.3 Å². The number of benzene rings is 1. The number of methoxy groups -OCH3 is 1. The molecule has 0 radical (unpaired) electrons. The van der Waals surface area contributed by atoms with Crippen LogP contribution in [0.4, 0.5) is 11.6 Å². The molecule has 8 heteroatoms. The second-order valence-corrected chi connectivity index (χ2v) is 4.95. The molecule has 0 bridgehead atoms. The summed E-state index contributed by atoms with van der Waals surface area (Å²) in [4.78, 5) is 15.2. The summed E-state index contributed by atoms with van der Waals surface area (Å²) in [5.74, 6) is 1.32. The molecular formula is C15H18N4O4. The maximum atomic E-state index is 11.0. The summed E-state index contributed by atoms with van der Waals surface area (Å²) in [6, 6.07) is 5.41. The van der Waals surface area contributed by atoms with E-state index >= 15 is 0 Å². The number of hydrogen-bond donors (Lipinski definition) is 1. The predicted octanol–water partition coefficient (Wildman–Crippen LogP) is 2.57. The number of carbonyl (C=O) groups excluding carboxylic acids is 1. The molecule has 122 valence electrons. The molecule has 1 N–H and O–H groups in total. The smallest absolute Gasteiger partial charge is 0.241 e. The van der Waals surface area contributed by atoms with Gasteiger partial charge in [-0.1, -0.05) is 0 Å². The Labute approximate surface area is 133 Å². The van der Waals surface area contributed by atoms with Crippen molar-refractivity contribution < 1.29 is 18.9 Å². The number of aromatic nitrogens is 2. The van der Waals surface area contributed by atoms with Crippen LogP contribution in [-0.2, 0) is 4.79 Å². The zero-order valence-electron chi connectivity index (χ0n) is 13.4. The molecule has 1 amide bonds. The van der Waals surface area contributed by atoms with E-state index in [1.807, 2.05) is 19.9 Å². The predicted molar refractivity (Wildman–Crippen MR) is 84.6 cm³/mol. The summed E-state index contributed by atoms with van der Waals surface area (Å²) in [6.07, 6.45) is 1.61. The fraction of sp³-hybridized carbons (Fsp3) is 0.333. The van der Waals surface area contributed by atoms with Crippen LogP contribution >= 0.6 is 0 Å². The van der Waals surface area contributed by atoms with E-state index < -0.39 is 0 Å². The Morgan fingerprint density at radius 3 is 2.78 bits per heavy atom. The van der Waals surface area contributed by atoms with E-state index in [1.165, 1.54) is 6.92 Å². The number of carbonyl (C=O) groups is 1. The molecule has 0 unspecified atom stereocenters. The molecule has 0 aliphatic rings. The van der Waals surface area contributed by atoms with E-state index in [-0.39, 0.29) is 23.6 Å². The fourth-order valence-corrected chi connectivity index (χ4v) is 1.77. The number of nitrogens with one attached hydrogen (secondary N) is 1. The molecule has 8 nitrogen and oxygen atoms in total. The number of aliphatic imine (C=N–C) groups is 1. The highest BCUT2D eigenvalue weighted by Crippen LogP contribution is 2.29. The summed E-state index contributed by atoms with van der Waals surface area (Å²) < 4.78 is 15.5. The van der Waals surface area contributed by atoms with Crippen molar-refractivity contribution >= 4 is 23.8 Å². The number of amides is 1. The zero-order chi connectivity index (χ0) is 16.8. The minimum Gasteiger partial charge on any atom is -0.493 e. The van der Waals surface area contributed by atoms with Crippen LogP contribution in [-0.4, -0.2) is 35.6 Å². The van der Waals surface area contributed by atoms with E-state index in [9.17, 15) is 4.79 Å². The van der Waals surface area contributed by atoms with Gasteiger partial charge in [-0.25, -0.2) is 9.62 Å². The normalized spacial score (nSPS) is 11.0. The van der Waals surface area contributed by atoms with Crippen molar-refractivity contribution in [2.24, 2.45) is 4.99 Å². The van der Waals surface area contributed by atoms with Crippen LogP contribution in [0.15, 0.2) is 27.8 Å². The molecule has 1 aromatic carbocycles. The van der Waals surface area contributed by atoms with Gasteiger partial charge in [-0.3, -0.25) is 4.79 Å². The van der Waals surface area contributed by atoms with Gasteiger partial charge in [0.05, 0.1) is 13.2 Å². The molecule has 0 saturated heterocycles. The number of nitrogens with zero attached hydrogens (tertiary/aromatic N) is 3. The molecule has 1 aromatic heterocycles. The third kappa shape index (κ3) is 4.53. The molecule has 23 heavy (non-hydrogen) atoms. The number of rotatable bonds is 6. The van der Waals surface area contributed by atoms with Crippen molar-refractivity contribution in [2.45, 2.75) is 26.9 Å². The number of anilines is 1. The Balaban J connectivity index is 2.20. The van der Waals surface area contributed by atoms with Gasteiger partial charge in [0.25, 0.3) is 0 Å². The van der Waals surface area contributed by atoms with E-state index in [4.69, 9.17) is 9.47 Å². The van der Waals surface area contributed by atoms with Gasteiger partial charge in [0.15, 0.2) is 11.5 Å². The monoisotopic (exact) mass is 318 g/mol. The molecule has 0 aliphatic heterocycles. The van der Waals surface area contributed by atoms with Gasteiger partial charge in [0.2, 0.25) is 17.5 Å². The number of hydrogen-bond acceptors (Lipinski definition) is 7. The quantitative estimate of drug-likeness (QED) is 0.822. The van der Waals surface area contributed by atoms with Crippen molar-refractivity contribution in [3.05, 3.63) is 23.8 Å². The van der Waals surface area contributed by atoms with Gasteiger partial charge in [-0.2, -0.15) is 0 Å². The van der Waals surface area contributed by atoms with Gasteiger partial charge in [0, 0.05) is 13.1 Å². The molecule has 2 aromatic rings. The lowest BCUT2D eigenvalue weighted by atomic mass is 10.2. The summed E-state index contributed by atoms with van der Waals surface area (Å²) in [5, 5.41) is 9.68. The van der Waals surface area contributed by atoms with Gasteiger partial charge in [0.1, 0.15) is 0 Å². The van der Waals surface area contributed by atoms with Gasteiger partial charge < -0.3 is 14.8 Å². The lowest BCUT2D eigenvalue weighted by Crippen LogP contribution is -2.06. The fourth-order valence-electron chi connectivity index (χ4n) is 1.77. The Kier molecular flexibility index (Phi) is 5.29. The SMILES string of the molecule is COc1cc(C=Nc2nonc2NC(C)=O)ccc1OC(C)C. The van der Waals surface area contributed by atoms with Gasteiger partial charge >= 0.3 is 0 Å². The minimum absolute atomic E-state index is 0.0461. The van der Waals surface area contributed by atoms with Crippen LogP contribution in [0.25, 0.3) is 0 Å². The minimum atomic E-state index is -0.283. The van der Waals surface area contributed by atoms with E-state index in [0.717, 1.165) is 5.56 Å². The lowest BCUT2D eigenvalue weighted by Gasteiger charge is -2.13. The lowest BCUT2D eigenvalue weighted by molar-refractivity contribution is -0.114. The van der Waals surface area contributed by atoms with Crippen LogP contribution < -0.4 is 14.8 Å². The molecule has 1 heterocycles. The van der Waals surface area contributed by atoms with E-state index in [2.05, 4.69) is 25.3 Å². The highest BCUT2D eigenvalue weighted by atomic mass is 16.6. The third-order valence-corrected chi connectivity index (χ3v) is 2.65. The first-order valence-corrected chi connectivity index (χ1v) is 6.98. The van der Waals surface area contributed by atoms with E-state index in [0.29, 0.717) is 11.5 Å². The molecule has 2 rings (SSSR count). The van der Waals surface area contributed by atoms with Gasteiger partial charge in [-0.15, -0.1) is 0 Å². The summed E-state index contributed by atoms with van der Waals surface area (Å²) in [5.41, 5.74) is 0.773. The van der Waals surface area contributed by atoms with Crippen molar-refractivity contribution in [3.63, 3.8) is 0 Å². The topological polar surface area (TPSA) is 98.8 Å². The Bertz CT molecular complexity index is 709. The first-order chi connectivity index (χ1) is 11.0. The van der Waals surface area contributed by atoms with Crippen molar-refractivity contribution in [1.29, 1.82) is 0 Å². The van der Waals surface area contributed by atoms with E-state index in [1.54, 1.807) is 25.5 Å². The largest absolute Gasteiger partial charge is 0.493 e. The van der Waals surface area contributed by atoms with Gasteiger partial charge in [-0.05, 0) is 47.9 Å². The van der Waals surface area contributed by atoms with Crippen LogP contribution in [0.3, 0.4) is 0 Å².